The van der Waals surface area contributed by atoms with Crippen LogP contribution in [0.5, 0.6) is 0 Å². The van der Waals surface area contributed by atoms with Crippen LogP contribution in [0.15, 0.2) is 85.2 Å². The molecule has 0 aliphatic heterocycles. The molecule has 12 heteroatoms. The van der Waals surface area contributed by atoms with Crippen molar-refractivity contribution in [1.82, 2.24) is 19.6 Å². The first-order valence-corrected chi connectivity index (χ1v) is 21.0. The summed E-state index contributed by atoms with van der Waals surface area (Å²) in [6, 6.07) is 22.3. The zero-order chi connectivity index (χ0) is 43.7. The molecular formula is C48H46Cl4N6O2. The average molecular weight is 881 g/mol. The third-order valence-electron chi connectivity index (χ3n) is 9.70. The maximum atomic E-state index is 12.5. The molecule has 0 N–H and O–H groups in total. The van der Waals surface area contributed by atoms with Crippen LogP contribution in [0.1, 0.15) is 61.3 Å². The first kappa shape index (κ1) is 45.9. The van der Waals surface area contributed by atoms with Gasteiger partial charge in [-0.3, -0.25) is 19.0 Å². The Balaban J connectivity index is 0.000000228. The Kier molecular flexibility index (Phi) is 15.9. The van der Waals surface area contributed by atoms with Crippen LogP contribution < -0.4 is 0 Å². The van der Waals surface area contributed by atoms with Crippen molar-refractivity contribution in [1.29, 1.82) is 0 Å². The SMILES string of the molecule is [C-]#[N+]c1cc(-c2c(Cl)cc(CC(=O)Cc3ccn(C)n3)cc2Cl)ccc1CC(C)C.[C-]#[N+]c1cc(-c2c(Cl)cc(CC(=O)Cc3ccnn3C)cc2Cl)ccc1CC(C)C. The highest BCUT2D eigenvalue weighted by Gasteiger charge is 2.18. The maximum Gasteiger partial charge on any atom is 0.191 e. The summed E-state index contributed by atoms with van der Waals surface area (Å²) in [5.41, 5.74) is 9.37. The van der Waals surface area contributed by atoms with Crippen molar-refractivity contribution in [3.05, 3.63) is 162 Å². The van der Waals surface area contributed by atoms with Crippen LogP contribution in [0.4, 0.5) is 11.4 Å². The molecule has 0 bridgehead atoms. The molecule has 0 radical (unpaired) electrons. The molecule has 0 spiro atoms. The van der Waals surface area contributed by atoms with Gasteiger partial charge < -0.3 is 0 Å². The fraction of sp³-hybridized carbons (Fsp3) is 0.292. The van der Waals surface area contributed by atoms with Gasteiger partial charge in [0.25, 0.3) is 0 Å². The number of carbonyl (C=O) groups is 2. The Hall–Kier alpha value is -5.22. The molecule has 0 amide bonds. The van der Waals surface area contributed by atoms with Crippen molar-refractivity contribution in [3.8, 4) is 22.3 Å². The van der Waals surface area contributed by atoms with Crippen molar-refractivity contribution in [2.24, 2.45) is 25.9 Å². The molecular weight excluding hydrogens is 834 g/mol. The van der Waals surface area contributed by atoms with Gasteiger partial charge in [0.15, 0.2) is 11.4 Å². The Morgan fingerprint density at radius 1 is 0.633 bits per heavy atom. The minimum absolute atomic E-state index is 0.0434. The number of Topliss-reactive ketones (excluding diaryl/α,β-unsaturated/α-hetero) is 2. The second-order valence-electron chi connectivity index (χ2n) is 15.7. The fourth-order valence-electron chi connectivity index (χ4n) is 7.00. The van der Waals surface area contributed by atoms with E-state index in [1.165, 1.54) is 0 Å². The molecule has 2 aromatic heterocycles. The van der Waals surface area contributed by atoms with E-state index in [9.17, 15) is 9.59 Å². The molecule has 0 unspecified atom stereocenters. The molecule has 8 nitrogen and oxygen atoms in total. The van der Waals surface area contributed by atoms with E-state index in [1.807, 2.05) is 68.8 Å². The van der Waals surface area contributed by atoms with Crippen LogP contribution in [0.3, 0.4) is 0 Å². The van der Waals surface area contributed by atoms with Gasteiger partial charge in [0.1, 0.15) is 11.6 Å². The van der Waals surface area contributed by atoms with E-state index in [2.05, 4.69) is 47.6 Å². The number of rotatable bonds is 14. The van der Waals surface area contributed by atoms with E-state index in [0.29, 0.717) is 60.8 Å². The molecule has 0 aliphatic rings. The lowest BCUT2D eigenvalue weighted by Crippen LogP contribution is -2.10. The van der Waals surface area contributed by atoms with Gasteiger partial charge in [-0.1, -0.05) is 98.4 Å². The zero-order valence-corrected chi connectivity index (χ0v) is 37.5. The molecule has 0 atom stereocenters. The molecule has 4 aromatic carbocycles. The lowest BCUT2D eigenvalue weighted by atomic mass is 9.96. The zero-order valence-electron chi connectivity index (χ0n) is 34.5. The number of aryl methyl sites for hydroxylation is 2. The Morgan fingerprint density at radius 2 is 1.08 bits per heavy atom. The van der Waals surface area contributed by atoms with Crippen molar-refractivity contribution in [2.45, 2.75) is 66.2 Å². The standard InChI is InChI=1S/2C24H23Cl2N3O/c1-15(2)9-17-5-6-18(13-23(17)27-3)24-21(25)11-16(12-22(24)26)10-20(30)14-19-7-8-29(4)28-19;1-15(2)9-17-5-6-18(13-23(17)27-3)24-21(25)11-16(12-22(24)26)10-20(30)14-19-7-8-28-29(19)4/h2*5-8,11-13,15H,9-10,14H2,1-2,4H3. The van der Waals surface area contributed by atoms with Gasteiger partial charge in [0.05, 0.1) is 45.3 Å². The van der Waals surface area contributed by atoms with Crippen LogP contribution in [0, 0.1) is 25.0 Å². The van der Waals surface area contributed by atoms with Gasteiger partial charge in [-0.2, -0.15) is 10.2 Å². The normalized spacial score (nSPS) is 11.0. The highest BCUT2D eigenvalue weighted by atomic mass is 35.5. The van der Waals surface area contributed by atoms with Crippen LogP contribution in [-0.2, 0) is 62.2 Å². The summed E-state index contributed by atoms with van der Waals surface area (Å²) < 4.78 is 3.37. The summed E-state index contributed by atoms with van der Waals surface area (Å²) in [6.45, 7) is 23.5. The van der Waals surface area contributed by atoms with Crippen molar-refractivity contribution >= 4 is 69.3 Å². The lowest BCUT2D eigenvalue weighted by molar-refractivity contribution is -0.118. The molecule has 0 saturated carbocycles. The van der Waals surface area contributed by atoms with Crippen molar-refractivity contribution in [3.63, 3.8) is 0 Å². The summed E-state index contributed by atoms with van der Waals surface area (Å²) in [4.78, 5) is 32.2. The predicted octanol–water partition coefficient (Wildman–Crippen LogP) is 13.0. The number of benzene rings is 4. The summed E-state index contributed by atoms with van der Waals surface area (Å²) in [5, 5.41) is 10.2. The van der Waals surface area contributed by atoms with Crippen LogP contribution in [-0.4, -0.2) is 31.1 Å². The Morgan fingerprint density at radius 3 is 1.45 bits per heavy atom. The molecule has 308 valence electrons. The third-order valence-corrected chi connectivity index (χ3v) is 10.9. The fourth-order valence-corrected chi connectivity index (χ4v) is 8.50. The molecule has 6 aromatic rings. The van der Waals surface area contributed by atoms with Crippen LogP contribution in [0.25, 0.3) is 31.9 Å². The molecule has 0 aliphatic carbocycles. The minimum Gasteiger partial charge on any atom is -0.299 e. The highest BCUT2D eigenvalue weighted by molar-refractivity contribution is 6.40. The number of nitrogens with zero attached hydrogens (tertiary/aromatic N) is 6. The second-order valence-corrected chi connectivity index (χ2v) is 17.3. The van der Waals surface area contributed by atoms with Gasteiger partial charge in [0.2, 0.25) is 0 Å². The molecule has 2 heterocycles. The Bertz CT molecular complexity index is 2560. The van der Waals surface area contributed by atoms with E-state index < -0.39 is 0 Å². The number of hydrogen-bond acceptors (Lipinski definition) is 4. The average Bonchev–Trinajstić information content (AvgIpc) is 3.77. The number of halogens is 4. The monoisotopic (exact) mass is 878 g/mol. The smallest absolute Gasteiger partial charge is 0.191 e. The van der Waals surface area contributed by atoms with Crippen LogP contribution in [0.2, 0.25) is 20.1 Å². The van der Waals surface area contributed by atoms with Crippen LogP contribution >= 0.6 is 46.4 Å². The molecule has 0 fully saturated rings. The summed E-state index contributed by atoms with van der Waals surface area (Å²) in [5.74, 6) is 1.03. The molecule has 0 saturated heterocycles. The third kappa shape index (κ3) is 12.2. The number of hydrogen-bond donors (Lipinski definition) is 0. The van der Waals surface area contributed by atoms with Gasteiger partial charge >= 0.3 is 0 Å². The van der Waals surface area contributed by atoms with E-state index >= 15 is 0 Å². The van der Waals surface area contributed by atoms with Gasteiger partial charge in [-0.15, -0.1) is 0 Å². The maximum absolute atomic E-state index is 12.5. The number of carbonyl (C=O) groups excluding carboxylic acids is 2. The van der Waals surface area contributed by atoms with E-state index in [-0.39, 0.29) is 30.8 Å². The predicted molar refractivity (Wildman–Crippen MR) is 245 cm³/mol. The second kappa shape index (κ2) is 20.8. The Labute approximate surface area is 372 Å². The number of aromatic nitrogens is 4. The van der Waals surface area contributed by atoms with E-state index in [0.717, 1.165) is 57.6 Å². The van der Waals surface area contributed by atoms with Gasteiger partial charge in [-0.05, 0) is 107 Å². The quantitative estimate of drug-likeness (QED) is 0.102. The van der Waals surface area contributed by atoms with Gasteiger partial charge in [0, 0.05) is 62.6 Å². The summed E-state index contributed by atoms with van der Waals surface area (Å²) >= 11 is 26.2. The first-order chi connectivity index (χ1) is 28.5. The largest absolute Gasteiger partial charge is 0.299 e. The van der Waals surface area contributed by atoms with Gasteiger partial charge in [-0.25, -0.2) is 9.69 Å². The lowest BCUT2D eigenvalue weighted by Gasteiger charge is -2.13. The molecule has 60 heavy (non-hydrogen) atoms. The van der Waals surface area contributed by atoms with Crippen molar-refractivity contribution in [2.75, 3.05) is 0 Å². The summed E-state index contributed by atoms with van der Waals surface area (Å²) in [7, 11) is 3.63. The number of ketones is 2. The van der Waals surface area contributed by atoms with E-state index in [1.54, 1.807) is 39.8 Å². The first-order valence-electron chi connectivity index (χ1n) is 19.5. The summed E-state index contributed by atoms with van der Waals surface area (Å²) in [6.07, 6.45) is 6.23. The van der Waals surface area contributed by atoms with E-state index in [4.69, 9.17) is 59.5 Å². The highest BCUT2D eigenvalue weighted by Crippen LogP contribution is 2.40. The molecule has 6 rings (SSSR count). The topological polar surface area (TPSA) is 78.5 Å². The minimum atomic E-state index is 0.0434. The van der Waals surface area contributed by atoms with Crippen molar-refractivity contribution < 1.29 is 9.59 Å².